The maximum absolute atomic E-state index is 12.8. The van der Waals surface area contributed by atoms with Gasteiger partial charge < -0.3 is 14.6 Å². The Hall–Kier alpha value is -4.54. The van der Waals surface area contributed by atoms with Gasteiger partial charge in [-0.05, 0) is 36.8 Å². The van der Waals surface area contributed by atoms with E-state index >= 15 is 0 Å². The molecule has 11 heteroatoms. The van der Waals surface area contributed by atoms with E-state index in [0.717, 1.165) is 14.8 Å². The van der Waals surface area contributed by atoms with Gasteiger partial charge in [0.05, 0.1) is 12.8 Å². The van der Waals surface area contributed by atoms with Crippen LogP contribution >= 0.6 is 0 Å². The highest BCUT2D eigenvalue weighted by atomic mass is 16.5. The van der Waals surface area contributed by atoms with Crippen LogP contribution in [0.15, 0.2) is 68.7 Å². The summed E-state index contributed by atoms with van der Waals surface area (Å²) in [5, 5.41) is 10.5. The van der Waals surface area contributed by atoms with Crippen LogP contribution in [-0.4, -0.2) is 37.5 Å². The monoisotopic (exact) mass is 448 g/mol. The molecule has 2 aromatic heterocycles. The number of benzene rings is 2. The van der Waals surface area contributed by atoms with E-state index in [4.69, 9.17) is 9.26 Å². The van der Waals surface area contributed by atoms with Crippen molar-refractivity contribution >= 4 is 5.91 Å². The third-order valence-corrected chi connectivity index (χ3v) is 4.80. The molecule has 0 bridgehead atoms. The molecule has 4 aromatic rings. The van der Waals surface area contributed by atoms with Crippen molar-refractivity contribution in [2.24, 2.45) is 0 Å². The van der Waals surface area contributed by atoms with E-state index in [0.29, 0.717) is 11.4 Å². The number of rotatable bonds is 7. The molecular formula is C22H20N6O5. The van der Waals surface area contributed by atoms with Gasteiger partial charge in [-0.15, -0.1) is 0 Å². The van der Waals surface area contributed by atoms with Gasteiger partial charge in [-0.2, -0.15) is 14.8 Å². The predicted octanol–water partition coefficient (Wildman–Crippen LogP) is 1.40. The molecule has 0 aliphatic rings. The molecule has 0 fully saturated rings. The van der Waals surface area contributed by atoms with Gasteiger partial charge in [0, 0.05) is 13.1 Å². The standard InChI is InChI=1S/C22H20N6O5/c1-3-27-21(30)17(25-28(22(27)31)15-9-5-4-6-10-15)18-24-20(33-26-18)19(29)23-13-14-8-7-11-16(12-14)32-2/h4-12H,3,13H2,1-2H3,(H,23,29). The largest absolute Gasteiger partial charge is 0.497 e. The van der Waals surface area contributed by atoms with E-state index in [1.807, 2.05) is 6.07 Å². The number of methoxy groups -OCH3 is 1. The lowest BCUT2D eigenvalue weighted by Gasteiger charge is -2.09. The SMILES string of the molecule is CCn1c(=O)c(-c2noc(C(=O)NCc3cccc(OC)c3)n2)nn(-c2ccccc2)c1=O. The molecule has 0 aliphatic carbocycles. The van der Waals surface area contributed by atoms with Crippen molar-refractivity contribution in [1.29, 1.82) is 0 Å². The van der Waals surface area contributed by atoms with Crippen LogP contribution in [0.25, 0.3) is 17.2 Å². The van der Waals surface area contributed by atoms with Crippen LogP contribution in [-0.2, 0) is 13.1 Å². The molecule has 0 atom stereocenters. The number of nitrogens with one attached hydrogen (secondary N) is 1. The fourth-order valence-electron chi connectivity index (χ4n) is 3.12. The van der Waals surface area contributed by atoms with Gasteiger partial charge in [-0.25, -0.2) is 4.79 Å². The zero-order valence-electron chi connectivity index (χ0n) is 17.9. The van der Waals surface area contributed by atoms with Crippen LogP contribution in [0, 0.1) is 0 Å². The molecule has 2 heterocycles. The Morgan fingerprint density at radius 1 is 1.12 bits per heavy atom. The average Bonchev–Trinajstić information content (AvgIpc) is 3.34. The molecule has 33 heavy (non-hydrogen) atoms. The summed E-state index contributed by atoms with van der Waals surface area (Å²) in [5.41, 5.74) is -0.220. The summed E-state index contributed by atoms with van der Waals surface area (Å²) in [5.74, 6) is -0.495. The topological polar surface area (TPSA) is 134 Å². The third-order valence-electron chi connectivity index (χ3n) is 4.80. The number of nitrogens with zero attached hydrogens (tertiary/aromatic N) is 5. The molecule has 0 spiro atoms. The van der Waals surface area contributed by atoms with E-state index in [2.05, 4.69) is 20.6 Å². The van der Waals surface area contributed by atoms with Gasteiger partial charge in [-0.1, -0.05) is 35.5 Å². The van der Waals surface area contributed by atoms with Gasteiger partial charge in [-0.3, -0.25) is 14.2 Å². The van der Waals surface area contributed by atoms with Crippen LogP contribution in [0.2, 0.25) is 0 Å². The van der Waals surface area contributed by atoms with Crippen LogP contribution in [0.1, 0.15) is 23.2 Å². The molecule has 0 aliphatic heterocycles. The molecule has 0 unspecified atom stereocenters. The molecule has 1 amide bonds. The second-order valence-corrected chi connectivity index (χ2v) is 6.89. The minimum absolute atomic E-state index is 0.117. The Balaban J connectivity index is 1.63. The highest BCUT2D eigenvalue weighted by molar-refractivity contribution is 5.89. The highest BCUT2D eigenvalue weighted by Gasteiger charge is 2.22. The lowest BCUT2D eigenvalue weighted by atomic mass is 10.2. The first kappa shape index (κ1) is 21.7. The quantitative estimate of drug-likeness (QED) is 0.448. The van der Waals surface area contributed by atoms with Crippen molar-refractivity contribution in [3.8, 4) is 23.0 Å². The summed E-state index contributed by atoms with van der Waals surface area (Å²) in [7, 11) is 1.55. The summed E-state index contributed by atoms with van der Waals surface area (Å²) in [6, 6.07) is 15.8. The van der Waals surface area contributed by atoms with Crippen molar-refractivity contribution in [2.45, 2.75) is 20.0 Å². The summed E-state index contributed by atoms with van der Waals surface area (Å²) >= 11 is 0. The Bertz CT molecular complexity index is 1410. The summed E-state index contributed by atoms with van der Waals surface area (Å²) in [6.45, 7) is 1.98. The van der Waals surface area contributed by atoms with E-state index in [1.54, 1.807) is 62.6 Å². The van der Waals surface area contributed by atoms with Gasteiger partial charge in [0.15, 0.2) is 5.69 Å². The van der Waals surface area contributed by atoms with Crippen LogP contribution < -0.4 is 21.3 Å². The summed E-state index contributed by atoms with van der Waals surface area (Å²) in [4.78, 5) is 42.0. The fourth-order valence-corrected chi connectivity index (χ4v) is 3.12. The van der Waals surface area contributed by atoms with E-state index in [1.165, 1.54) is 0 Å². The normalized spacial score (nSPS) is 10.7. The van der Waals surface area contributed by atoms with Gasteiger partial charge in [0.2, 0.25) is 5.82 Å². The summed E-state index contributed by atoms with van der Waals surface area (Å²) < 4.78 is 12.3. The van der Waals surface area contributed by atoms with Gasteiger partial charge in [0.1, 0.15) is 5.75 Å². The highest BCUT2D eigenvalue weighted by Crippen LogP contribution is 2.13. The number of aromatic nitrogens is 5. The predicted molar refractivity (Wildman–Crippen MR) is 117 cm³/mol. The number of hydrogen-bond donors (Lipinski definition) is 1. The van der Waals surface area contributed by atoms with Gasteiger partial charge >= 0.3 is 17.5 Å². The fraction of sp³-hybridized carbons (Fsp3) is 0.182. The van der Waals surface area contributed by atoms with Crippen molar-refractivity contribution in [3.63, 3.8) is 0 Å². The smallest absolute Gasteiger partial charge is 0.352 e. The maximum atomic E-state index is 12.8. The zero-order chi connectivity index (χ0) is 23.4. The third kappa shape index (κ3) is 4.42. The van der Waals surface area contributed by atoms with Crippen molar-refractivity contribution in [2.75, 3.05) is 7.11 Å². The first-order valence-electron chi connectivity index (χ1n) is 10.1. The average molecular weight is 448 g/mol. The minimum Gasteiger partial charge on any atom is -0.497 e. The Labute approximate surface area is 187 Å². The Morgan fingerprint density at radius 3 is 2.64 bits per heavy atom. The van der Waals surface area contributed by atoms with Crippen LogP contribution in [0.3, 0.4) is 0 Å². The second-order valence-electron chi connectivity index (χ2n) is 6.89. The van der Waals surface area contributed by atoms with E-state index < -0.39 is 17.2 Å². The first-order valence-corrected chi connectivity index (χ1v) is 10.1. The lowest BCUT2D eigenvalue weighted by molar-refractivity contribution is 0.0907. The zero-order valence-corrected chi connectivity index (χ0v) is 17.9. The number of amides is 1. The molecule has 168 valence electrons. The van der Waals surface area contributed by atoms with Gasteiger partial charge in [0.25, 0.3) is 5.56 Å². The molecular weight excluding hydrogens is 428 g/mol. The van der Waals surface area contributed by atoms with Crippen molar-refractivity contribution < 1.29 is 14.1 Å². The van der Waals surface area contributed by atoms with Crippen LogP contribution in [0.4, 0.5) is 0 Å². The Kier molecular flexibility index (Phi) is 6.11. The minimum atomic E-state index is -0.682. The number of para-hydroxylation sites is 1. The van der Waals surface area contributed by atoms with E-state index in [9.17, 15) is 14.4 Å². The molecule has 0 saturated heterocycles. The number of hydrogen-bond acceptors (Lipinski definition) is 8. The number of carbonyl (C=O) groups is 1. The summed E-state index contributed by atoms with van der Waals surface area (Å²) in [6.07, 6.45) is 0. The molecule has 0 saturated carbocycles. The molecule has 1 N–H and O–H groups in total. The maximum Gasteiger partial charge on any atom is 0.352 e. The Morgan fingerprint density at radius 2 is 1.91 bits per heavy atom. The van der Waals surface area contributed by atoms with Crippen molar-refractivity contribution in [1.82, 2.24) is 29.8 Å². The van der Waals surface area contributed by atoms with E-state index in [-0.39, 0.29) is 30.5 Å². The molecule has 4 rings (SSSR count). The molecule has 2 aromatic carbocycles. The first-order chi connectivity index (χ1) is 16.0. The molecule has 0 radical (unpaired) electrons. The van der Waals surface area contributed by atoms with Crippen LogP contribution in [0.5, 0.6) is 5.75 Å². The second kappa shape index (κ2) is 9.30. The van der Waals surface area contributed by atoms with Crippen molar-refractivity contribution in [3.05, 3.63) is 86.9 Å². The number of ether oxygens (including phenoxy) is 1. The molecule has 11 nitrogen and oxygen atoms in total. The number of carbonyl (C=O) groups excluding carboxylic acids is 1. The lowest BCUT2D eigenvalue weighted by Crippen LogP contribution is -2.41.